The van der Waals surface area contributed by atoms with Crippen molar-refractivity contribution in [1.29, 1.82) is 0 Å². The van der Waals surface area contributed by atoms with Crippen LogP contribution in [0, 0.1) is 0 Å². The van der Waals surface area contributed by atoms with Crippen molar-refractivity contribution in [2.45, 2.75) is 19.3 Å². The Hall–Kier alpha value is -1.39. The van der Waals surface area contributed by atoms with Gasteiger partial charge < -0.3 is 9.68 Å². The molecule has 0 aromatic carbocycles. The Morgan fingerprint density at radius 1 is 1.15 bits per heavy atom. The summed E-state index contributed by atoms with van der Waals surface area (Å²) in [5.41, 5.74) is 0.858. The maximum atomic E-state index is 11.3. The zero-order valence-electron chi connectivity index (χ0n) is 7.74. The fourth-order valence-corrected chi connectivity index (χ4v) is 1.21. The van der Waals surface area contributed by atoms with Crippen molar-refractivity contribution in [3.8, 4) is 0 Å². The Labute approximate surface area is 76.4 Å². The number of carbonyl (C=O) groups excluding carboxylic acids is 1. The van der Waals surface area contributed by atoms with E-state index in [9.17, 15) is 4.79 Å². The van der Waals surface area contributed by atoms with Crippen LogP contribution in [0.25, 0.3) is 0 Å². The van der Waals surface area contributed by atoms with Crippen molar-refractivity contribution in [2.24, 2.45) is 10.3 Å². The summed E-state index contributed by atoms with van der Waals surface area (Å²) in [5.74, 6) is -0.0381. The first kappa shape index (κ1) is 9.70. The lowest BCUT2D eigenvalue weighted by Gasteiger charge is -2.12. The Bertz CT molecular complexity index is 258. The normalized spacial score (nSPS) is 23.7. The van der Waals surface area contributed by atoms with Gasteiger partial charge in [0, 0.05) is 6.42 Å². The minimum absolute atomic E-state index is 0.0381. The van der Waals surface area contributed by atoms with Crippen LogP contribution in [0.15, 0.2) is 10.3 Å². The van der Waals surface area contributed by atoms with E-state index in [1.165, 1.54) is 14.2 Å². The molecule has 0 N–H and O–H groups in total. The quantitative estimate of drug-likeness (QED) is 0.595. The van der Waals surface area contributed by atoms with Crippen LogP contribution < -0.4 is 0 Å². The SMILES string of the molecule is CON=C1CCCC(=O)C1=NOC. The first-order valence-corrected chi connectivity index (χ1v) is 4.04. The number of rotatable bonds is 2. The number of hydrogen-bond acceptors (Lipinski definition) is 5. The van der Waals surface area contributed by atoms with Gasteiger partial charge in [0.15, 0.2) is 11.5 Å². The second kappa shape index (κ2) is 4.59. The van der Waals surface area contributed by atoms with E-state index in [2.05, 4.69) is 20.0 Å². The third-order valence-electron chi connectivity index (χ3n) is 1.74. The van der Waals surface area contributed by atoms with Gasteiger partial charge in [-0.05, 0) is 12.8 Å². The summed E-state index contributed by atoms with van der Waals surface area (Å²) in [7, 11) is 2.84. The highest BCUT2D eigenvalue weighted by atomic mass is 16.6. The van der Waals surface area contributed by atoms with Crippen LogP contribution in [0.4, 0.5) is 0 Å². The van der Waals surface area contributed by atoms with E-state index >= 15 is 0 Å². The van der Waals surface area contributed by atoms with Crippen LogP contribution in [0.5, 0.6) is 0 Å². The van der Waals surface area contributed by atoms with Crippen molar-refractivity contribution in [2.75, 3.05) is 14.2 Å². The standard InChI is InChI=1S/C8H12N2O3/c1-12-9-6-4-3-5-7(11)8(6)10-13-2/h3-5H2,1-2H3. The highest BCUT2D eigenvalue weighted by Crippen LogP contribution is 2.10. The predicted octanol–water partition coefficient (Wildman–Crippen LogP) is 0.744. The number of oxime groups is 2. The Morgan fingerprint density at radius 3 is 2.46 bits per heavy atom. The average molecular weight is 184 g/mol. The Kier molecular flexibility index (Phi) is 3.42. The number of carbonyl (C=O) groups is 1. The van der Waals surface area contributed by atoms with Crippen LogP contribution in [0.3, 0.4) is 0 Å². The Balaban J connectivity index is 2.87. The second-order valence-electron chi connectivity index (χ2n) is 2.62. The van der Waals surface area contributed by atoms with Gasteiger partial charge in [0.2, 0.25) is 0 Å². The minimum Gasteiger partial charge on any atom is -0.399 e. The second-order valence-corrected chi connectivity index (χ2v) is 2.62. The summed E-state index contributed by atoms with van der Waals surface area (Å²) in [4.78, 5) is 20.5. The van der Waals surface area contributed by atoms with Crippen LogP contribution in [0.2, 0.25) is 0 Å². The molecule has 1 rings (SSSR count). The van der Waals surface area contributed by atoms with Crippen molar-refractivity contribution >= 4 is 17.2 Å². The van der Waals surface area contributed by atoms with Gasteiger partial charge in [0.1, 0.15) is 19.9 Å². The molecule has 0 aliphatic heterocycles. The lowest BCUT2D eigenvalue weighted by molar-refractivity contribution is -0.113. The average Bonchev–Trinajstić information content (AvgIpc) is 2.11. The van der Waals surface area contributed by atoms with E-state index in [1.54, 1.807) is 0 Å². The Morgan fingerprint density at radius 2 is 1.85 bits per heavy atom. The fourth-order valence-electron chi connectivity index (χ4n) is 1.21. The molecule has 5 heteroatoms. The molecule has 0 aromatic rings. The van der Waals surface area contributed by atoms with Crippen LogP contribution >= 0.6 is 0 Å². The maximum absolute atomic E-state index is 11.3. The monoisotopic (exact) mass is 184 g/mol. The molecule has 0 aromatic heterocycles. The lowest BCUT2D eigenvalue weighted by atomic mass is 9.95. The minimum atomic E-state index is -0.0381. The largest absolute Gasteiger partial charge is 0.399 e. The summed E-state index contributed by atoms with van der Waals surface area (Å²) in [5, 5.41) is 7.34. The third kappa shape index (κ3) is 2.27. The molecule has 0 unspecified atom stereocenters. The third-order valence-corrected chi connectivity index (χ3v) is 1.74. The summed E-state index contributed by atoms with van der Waals surface area (Å²) >= 11 is 0. The summed E-state index contributed by atoms with van der Waals surface area (Å²) in [6, 6.07) is 0. The van der Waals surface area contributed by atoms with Gasteiger partial charge in [0.25, 0.3) is 0 Å². The van der Waals surface area contributed by atoms with Gasteiger partial charge in [-0.1, -0.05) is 10.3 Å². The molecule has 1 fully saturated rings. The number of nitrogens with zero attached hydrogens (tertiary/aromatic N) is 2. The molecule has 0 radical (unpaired) electrons. The number of Topliss-reactive ketones (excluding diaryl/α,β-unsaturated/α-hetero) is 1. The number of hydrogen-bond donors (Lipinski definition) is 0. The van der Waals surface area contributed by atoms with Gasteiger partial charge in [-0.2, -0.15) is 0 Å². The molecule has 13 heavy (non-hydrogen) atoms. The van der Waals surface area contributed by atoms with E-state index in [-0.39, 0.29) is 11.5 Å². The lowest BCUT2D eigenvalue weighted by Crippen LogP contribution is -2.29. The van der Waals surface area contributed by atoms with E-state index in [1.807, 2.05) is 0 Å². The van der Waals surface area contributed by atoms with Crippen molar-refractivity contribution in [3.63, 3.8) is 0 Å². The van der Waals surface area contributed by atoms with Crippen LogP contribution in [-0.2, 0) is 14.5 Å². The van der Waals surface area contributed by atoms with Gasteiger partial charge in [-0.15, -0.1) is 0 Å². The summed E-state index contributed by atoms with van der Waals surface area (Å²) in [6.07, 6.45) is 2.01. The highest BCUT2D eigenvalue weighted by molar-refractivity contribution is 6.68. The zero-order chi connectivity index (χ0) is 9.68. The molecule has 5 nitrogen and oxygen atoms in total. The van der Waals surface area contributed by atoms with Crippen molar-refractivity contribution in [1.82, 2.24) is 0 Å². The first-order valence-electron chi connectivity index (χ1n) is 4.04. The van der Waals surface area contributed by atoms with Gasteiger partial charge in [0.05, 0.1) is 0 Å². The molecule has 0 atom stereocenters. The molecule has 0 amide bonds. The van der Waals surface area contributed by atoms with Crippen molar-refractivity contribution in [3.05, 3.63) is 0 Å². The molecule has 0 heterocycles. The van der Waals surface area contributed by atoms with E-state index < -0.39 is 0 Å². The van der Waals surface area contributed by atoms with Gasteiger partial charge >= 0.3 is 0 Å². The fraction of sp³-hybridized carbons (Fsp3) is 0.625. The molecule has 0 spiro atoms. The molecule has 1 saturated carbocycles. The molecule has 1 aliphatic carbocycles. The topological polar surface area (TPSA) is 60.2 Å². The molecule has 72 valence electrons. The maximum Gasteiger partial charge on any atom is 0.186 e. The smallest absolute Gasteiger partial charge is 0.186 e. The van der Waals surface area contributed by atoms with Crippen LogP contribution in [0.1, 0.15) is 19.3 Å². The molecular formula is C8H12N2O3. The van der Waals surface area contributed by atoms with Crippen LogP contribution in [-0.4, -0.2) is 31.4 Å². The summed E-state index contributed by atoms with van der Waals surface area (Å²) in [6.45, 7) is 0. The van der Waals surface area contributed by atoms with E-state index in [0.29, 0.717) is 18.6 Å². The first-order chi connectivity index (χ1) is 6.29. The van der Waals surface area contributed by atoms with Gasteiger partial charge in [-0.25, -0.2) is 0 Å². The highest BCUT2D eigenvalue weighted by Gasteiger charge is 2.24. The summed E-state index contributed by atoms with van der Waals surface area (Å²) < 4.78 is 0. The molecular weight excluding hydrogens is 172 g/mol. The molecule has 1 aliphatic rings. The van der Waals surface area contributed by atoms with E-state index in [0.717, 1.165) is 6.42 Å². The van der Waals surface area contributed by atoms with Gasteiger partial charge in [-0.3, -0.25) is 4.79 Å². The molecule has 0 saturated heterocycles. The predicted molar refractivity (Wildman–Crippen MR) is 47.7 cm³/mol. The zero-order valence-corrected chi connectivity index (χ0v) is 7.74. The van der Waals surface area contributed by atoms with E-state index in [4.69, 9.17) is 0 Å². The van der Waals surface area contributed by atoms with Crippen molar-refractivity contribution < 1.29 is 14.5 Å². The number of ketones is 1. The molecule has 0 bridgehead atoms.